The highest BCUT2D eigenvalue weighted by Gasteiger charge is 2.22. The molecule has 4 nitrogen and oxygen atoms in total. The van der Waals surface area contributed by atoms with Gasteiger partial charge in [-0.05, 0) is 43.1 Å². The molecule has 0 radical (unpaired) electrons. The van der Waals surface area contributed by atoms with E-state index in [2.05, 4.69) is 17.6 Å². The van der Waals surface area contributed by atoms with Gasteiger partial charge < -0.3 is 20.1 Å². The molecule has 2 aliphatic rings. The van der Waals surface area contributed by atoms with Gasteiger partial charge in [0.2, 0.25) is 6.79 Å². The van der Waals surface area contributed by atoms with Crippen molar-refractivity contribution in [1.82, 2.24) is 5.32 Å². The number of anilines is 1. The minimum absolute atomic E-state index is 0.293. The summed E-state index contributed by atoms with van der Waals surface area (Å²) < 4.78 is 10.7. The molecule has 1 aliphatic carbocycles. The Morgan fingerprint density at radius 3 is 2.85 bits per heavy atom. The van der Waals surface area contributed by atoms with Crippen molar-refractivity contribution in [2.45, 2.75) is 38.6 Å². The summed E-state index contributed by atoms with van der Waals surface area (Å²) in [7, 11) is 0. The van der Waals surface area contributed by atoms with Crippen LogP contribution in [0.15, 0.2) is 18.2 Å². The van der Waals surface area contributed by atoms with Crippen LogP contribution in [0.5, 0.6) is 11.5 Å². The number of nitrogens with one attached hydrogen (secondary N) is 2. The number of hydrogen-bond acceptors (Lipinski definition) is 3. The fourth-order valence-corrected chi connectivity index (χ4v) is 3.11. The normalized spacial score (nSPS) is 24.2. The molecule has 0 aromatic heterocycles. The number of rotatable bonds is 2. The lowest BCUT2D eigenvalue weighted by molar-refractivity contribution is 0.174. The molecule has 0 unspecified atom stereocenters. The average molecular weight is 292 g/mol. The molecule has 3 rings (SSSR count). The number of ether oxygens (including phenoxy) is 2. The molecule has 2 N–H and O–H groups in total. The Bertz CT molecular complexity index is 507. The molecule has 0 bridgehead atoms. The number of fused-ring (bicyclic) bond motifs is 1. The first kappa shape index (κ1) is 13.5. The molecule has 1 heterocycles. The predicted molar refractivity (Wildman–Crippen MR) is 83.3 cm³/mol. The van der Waals surface area contributed by atoms with E-state index in [1.54, 1.807) is 0 Å². The van der Waals surface area contributed by atoms with Crippen molar-refractivity contribution in [2.24, 2.45) is 5.92 Å². The highest BCUT2D eigenvalue weighted by Crippen LogP contribution is 2.34. The number of hydrogen-bond donors (Lipinski definition) is 2. The van der Waals surface area contributed by atoms with E-state index < -0.39 is 0 Å². The van der Waals surface area contributed by atoms with Gasteiger partial charge in [-0.3, -0.25) is 0 Å². The van der Waals surface area contributed by atoms with E-state index >= 15 is 0 Å². The Kier molecular flexibility index (Phi) is 3.96. The van der Waals surface area contributed by atoms with Gasteiger partial charge in [0.1, 0.15) is 0 Å². The van der Waals surface area contributed by atoms with Gasteiger partial charge in [-0.1, -0.05) is 19.8 Å². The monoisotopic (exact) mass is 292 g/mol. The molecular formula is C15H20N2O2S. The lowest BCUT2D eigenvalue weighted by Gasteiger charge is -2.30. The molecular weight excluding hydrogens is 272 g/mol. The van der Waals surface area contributed by atoms with Gasteiger partial charge in [-0.15, -0.1) is 0 Å². The first-order valence-electron chi connectivity index (χ1n) is 7.19. The van der Waals surface area contributed by atoms with Gasteiger partial charge >= 0.3 is 0 Å². The van der Waals surface area contributed by atoms with Crippen LogP contribution in [0.4, 0.5) is 5.69 Å². The Hall–Kier alpha value is -1.49. The van der Waals surface area contributed by atoms with Crippen LogP contribution in [0.2, 0.25) is 0 Å². The van der Waals surface area contributed by atoms with Crippen molar-refractivity contribution in [3.05, 3.63) is 18.2 Å². The second-order valence-electron chi connectivity index (χ2n) is 5.53. The fraction of sp³-hybridized carbons (Fsp3) is 0.533. The first-order valence-corrected chi connectivity index (χ1v) is 7.60. The Morgan fingerprint density at radius 2 is 2.00 bits per heavy atom. The van der Waals surface area contributed by atoms with Gasteiger partial charge in [0.05, 0.1) is 0 Å². The third kappa shape index (κ3) is 2.98. The Balaban J connectivity index is 1.58. The topological polar surface area (TPSA) is 42.5 Å². The van der Waals surface area contributed by atoms with Crippen molar-refractivity contribution in [3.63, 3.8) is 0 Å². The number of benzene rings is 1. The summed E-state index contributed by atoms with van der Waals surface area (Å²) in [6.45, 7) is 2.58. The second kappa shape index (κ2) is 5.87. The van der Waals surface area contributed by atoms with Crippen molar-refractivity contribution in [3.8, 4) is 11.5 Å². The van der Waals surface area contributed by atoms with Crippen molar-refractivity contribution in [2.75, 3.05) is 12.1 Å². The third-order valence-electron chi connectivity index (χ3n) is 4.06. The SMILES string of the molecule is C[C@@H]1CCCC[C@H]1NC(=S)Nc1ccc2c(c1)OCO2. The van der Waals surface area contributed by atoms with Gasteiger partial charge in [0, 0.05) is 17.8 Å². The summed E-state index contributed by atoms with van der Waals surface area (Å²) in [4.78, 5) is 0. The molecule has 0 spiro atoms. The fourth-order valence-electron chi connectivity index (χ4n) is 2.84. The van der Waals surface area contributed by atoms with Crippen molar-refractivity contribution >= 4 is 23.0 Å². The highest BCUT2D eigenvalue weighted by atomic mass is 32.1. The minimum Gasteiger partial charge on any atom is -0.454 e. The van der Waals surface area contributed by atoms with E-state index in [9.17, 15) is 0 Å². The molecule has 0 saturated heterocycles. The Morgan fingerprint density at radius 1 is 1.20 bits per heavy atom. The van der Waals surface area contributed by atoms with Crippen LogP contribution in [0.25, 0.3) is 0 Å². The van der Waals surface area contributed by atoms with Crippen LogP contribution in [-0.4, -0.2) is 17.9 Å². The summed E-state index contributed by atoms with van der Waals surface area (Å²) in [5.41, 5.74) is 0.926. The van der Waals surface area contributed by atoms with Crippen LogP contribution < -0.4 is 20.1 Å². The standard InChI is InChI=1S/C15H20N2O2S/c1-10-4-2-3-5-12(10)17-15(20)16-11-6-7-13-14(8-11)19-9-18-13/h6-8,10,12H,2-5,9H2,1H3,(H2,16,17,20)/t10-,12-/m1/s1. The van der Waals surface area contributed by atoms with Crippen molar-refractivity contribution in [1.29, 1.82) is 0 Å². The zero-order valence-corrected chi connectivity index (χ0v) is 12.5. The highest BCUT2D eigenvalue weighted by molar-refractivity contribution is 7.80. The summed E-state index contributed by atoms with van der Waals surface area (Å²) in [6, 6.07) is 6.25. The molecule has 0 amide bonds. The van der Waals surface area contributed by atoms with Crippen molar-refractivity contribution < 1.29 is 9.47 Å². The second-order valence-corrected chi connectivity index (χ2v) is 5.94. The lowest BCUT2D eigenvalue weighted by Crippen LogP contribution is -2.43. The summed E-state index contributed by atoms with van der Waals surface area (Å²) >= 11 is 5.40. The van der Waals surface area contributed by atoms with Crippen LogP contribution >= 0.6 is 12.2 Å². The number of thiocarbonyl (C=S) groups is 1. The van der Waals surface area contributed by atoms with Crippen LogP contribution in [0.3, 0.4) is 0 Å². The third-order valence-corrected chi connectivity index (χ3v) is 4.28. The predicted octanol–water partition coefficient (Wildman–Crippen LogP) is 3.28. The largest absolute Gasteiger partial charge is 0.454 e. The quantitative estimate of drug-likeness (QED) is 0.819. The molecule has 1 fully saturated rings. The zero-order valence-electron chi connectivity index (χ0n) is 11.6. The summed E-state index contributed by atoms with van der Waals surface area (Å²) in [5, 5.41) is 7.34. The zero-order chi connectivity index (χ0) is 13.9. The van der Waals surface area contributed by atoms with Gasteiger partial charge in [-0.25, -0.2) is 0 Å². The first-order chi connectivity index (χ1) is 9.72. The molecule has 1 aliphatic heterocycles. The Labute approximate surface area is 124 Å². The molecule has 2 atom stereocenters. The van der Waals surface area contributed by atoms with E-state index in [0.717, 1.165) is 17.2 Å². The van der Waals surface area contributed by atoms with Gasteiger partial charge in [-0.2, -0.15) is 0 Å². The van der Waals surface area contributed by atoms with Gasteiger partial charge in [0.25, 0.3) is 0 Å². The van der Waals surface area contributed by atoms with E-state index in [4.69, 9.17) is 21.7 Å². The van der Waals surface area contributed by atoms with E-state index in [1.165, 1.54) is 25.7 Å². The van der Waals surface area contributed by atoms with E-state index in [1.807, 2.05) is 18.2 Å². The molecule has 1 aromatic rings. The minimum atomic E-state index is 0.293. The molecule has 1 saturated carbocycles. The molecule has 1 aromatic carbocycles. The van der Waals surface area contributed by atoms with Crippen LogP contribution in [0, 0.1) is 5.92 Å². The van der Waals surface area contributed by atoms with Gasteiger partial charge in [0.15, 0.2) is 16.6 Å². The van der Waals surface area contributed by atoms with E-state index in [0.29, 0.717) is 23.9 Å². The van der Waals surface area contributed by atoms with E-state index in [-0.39, 0.29) is 0 Å². The molecule has 108 valence electrons. The summed E-state index contributed by atoms with van der Waals surface area (Å²) in [6.07, 6.45) is 5.10. The smallest absolute Gasteiger partial charge is 0.231 e. The maximum absolute atomic E-state index is 5.40. The maximum Gasteiger partial charge on any atom is 0.231 e. The summed E-state index contributed by atoms with van der Waals surface area (Å²) in [5.74, 6) is 2.24. The molecule has 20 heavy (non-hydrogen) atoms. The van der Waals surface area contributed by atoms with Crippen LogP contribution in [-0.2, 0) is 0 Å². The average Bonchev–Trinajstić information content (AvgIpc) is 2.89. The lowest BCUT2D eigenvalue weighted by atomic mass is 9.86. The van der Waals surface area contributed by atoms with Crippen LogP contribution in [0.1, 0.15) is 32.6 Å². The molecule has 5 heteroatoms. The maximum atomic E-state index is 5.40.